The summed E-state index contributed by atoms with van der Waals surface area (Å²) in [6.45, 7) is 4.04. The second-order valence-electron chi connectivity index (χ2n) is 6.20. The summed E-state index contributed by atoms with van der Waals surface area (Å²) in [5, 5.41) is 5.27. The third-order valence-corrected chi connectivity index (χ3v) is 4.79. The quantitative estimate of drug-likeness (QED) is 0.845. The lowest BCUT2D eigenvalue weighted by atomic mass is 9.89. The van der Waals surface area contributed by atoms with Gasteiger partial charge >= 0.3 is 0 Å². The highest BCUT2D eigenvalue weighted by Crippen LogP contribution is 2.27. The Morgan fingerprint density at radius 3 is 3.00 bits per heavy atom. The van der Waals surface area contributed by atoms with Crippen molar-refractivity contribution in [2.75, 3.05) is 6.54 Å². The highest BCUT2D eigenvalue weighted by molar-refractivity contribution is 6.20. The Hall–Kier alpha value is -1.12. The van der Waals surface area contributed by atoms with E-state index in [1.54, 1.807) is 0 Å². The third kappa shape index (κ3) is 3.75. The van der Waals surface area contributed by atoms with Crippen molar-refractivity contribution >= 4 is 22.5 Å². The Labute approximate surface area is 131 Å². The van der Waals surface area contributed by atoms with Gasteiger partial charge in [0.15, 0.2) is 0 Å². The normalized spacial score (nSPS) is 22.6. The molecule has 1 aliphatic carbocycles. The van der Waals surface area contributed by atoms with E-state index in [1.165, 1.54) is 30.2 Å². The Morgan fingerprint density at radius 1 is 1.29 bits per heavy atom. The van der Waals surface area contributed by atoms with Crippen LogP contribution < -0.4 is 5.32 Å². The number of rotatable bonds is 4. The summed E-state index contributed by atoms with van der Waals surface area (Å²) >= 11 is 6.27. The molecule has 1 aromatic heterocycles. The molecule has 2 atom stereocenters. The molecule has 112 valence electrons. The van der Waals surface area contributed by atoms with Gasteiger partial charge in [0.2, 0.25) is 0 Å². The van der Waals surface area contributed by atoms with Crippen LogP contribution in [0.1, 0.15) is 36.9 Å². The maximum atomic E-state index is 6.27. The van der Waals surface area contributed by atoms with E-state index in [1.807, 2.05) is 0 Å². The van der Waals surface area contributed by atoms with Crippen molar-refractivity contribution in [3.63, 3.8) is 0 Å². The number of nitrogens with one attached hydrogen (secondary N) is 1. The molecule has 0 bridgehead atoms. The molecule has 2 unspecified atom stereocenters. The highest BCUT2D eigenvalue weighted by atomic mass is 35.5. The highest BCUT2D eigenvalue weighted by Gasteiger charge is 2.19. The number of fused-ring (bicyclic) bond motifs is 1. The average molecular weight is 303 g/mol. The second kappa shape index (κ2) is 6.76. The van der Waals surface area contributed by atoms with E-state index in [0.29, 0.717) is 5.38 Å². The van der Waals surface area contributed by atoms with E-state index in [0.717, 1.165) is 36.6 Å². The summed E-state index contributed by atoms with van der Waals surface area (Å²) in [5.74, 6) is 0.732. The zero-order valence-electron chi connectivity index (χ0n) is 12.6. The Kier molecular flexibility index (Phi) is 4.77. The van der Waals surface area contributed by atoms with E-state index in [9.17, 15) is 0 Å². The number of nitrogens with zero attached hydrogens (tertiary/aromatic N) is 1. The minimum absolute atomic E-state index is 0.384. The molecule has 0 spiro atoms. The summed E-state index contributed by atoms with van der Waals surface area (Å²) in [4.78, 5) is 4.60. The molecule has 0 saturated heterocycles. The molecule has 1 saturated carbocycles. The van der Waals surface area contributed by atoms with E-state index in [4.69, 9.17) is 11.6 Å². The van der Waals surface area contributed by atoms with Crippen LogP contribution in [-0.2, 0) is 6.54 Å². The van der Waals surface area contributed by atoms with Crippen LogP contribution >= 0.6 is 11.6 Å². The van der Waals surface area contributed by atoms with Crippen LogP contribution in [0.5, 0.6) is 0 Å². The van der Waals surface area contributed by atoms with Crippen LogP contribution in [0.2, 0.25) is 0 Å². The van der Waals surface area contributed by atoms with Gasteiger partial charge in [0.25, 0.3) is 0 Å². The van der Waals surface area contributed by atoms with E-state index in [-0.39, 0.29) is 0 Å². The van der Waals surface area contributed by atoms with Crippen molar-refractivity contribution in [1.29, 1.82) is 0 Å². The molecule has 3 rings (SSSR count). The van der Waals surface area contributed by atoms with Crippen LogP contribution in [0.25, 0.3) is 10.9 Å². The number of halogens is 1. The van der Waals surface area contributed by atoms with Gasteiger partial charge in [-0.25, -0.2) is 0 Å². The first-order chi connectivity index (χ1) is 10.2. The standard InChI is InChI=1S/C18H23ClN2/c1-13-9-15(17-7-2-3-8-18(17)21-13)12-20-11-14-5-4-6-16(19)10-14/h2-3,7-9,14,16,20H,4-6,10-12H2,1H3. The van der Waals surface area contributed by atoms with Crippen molar-refractivity contribution in [2.24, 2.45) is 5.92 Å². The summed E-state index contributed by atoms with van der Waals surface area (Å²) in [6, 6.07) is 10.6. The van der Waals surface area contributed by atoms with Crippen molar-refractivity contribution in [3.05, 3.63) is 41.6 Å². The zero-order valence-corrected chi connectivity index (χ0v) is 13.4. The lowest BCUT2D eigenvalue weighted by Crippen LogP contribution is -2.27. The van der Waals surface area contributed by atoms with Crippen LogP contribution in [0, 0.1) is 12.8 Å². The molecular formula is C18H23ClN2. The lowest BCUT2D eigenvalue weighted by Gasteiger charge is -2.25. The SMILES string of the molecule is Cc1cc(CNCC2CCCC(Cl)C2)c2ccccc2n1. The molecule has 0 amide bonds. The fraction of sp³-hybridized carbons (Fsp3) is 0.500. The molecule has 1 aromatic carbocycles. The predicted molar refractivity (Wildman–Crippen MR) is 89.8 cm³/mol. The largest absolute Gasteiger partial charge is 0.312 e. The Bertz CT molecular complexity index is 611. The second-order valence-corrected chi connectivity index (χ2v) is 6.82. The summed E-state index contributed by atoms with van der Waals surface area (Å²) < 4.78 is 0. The van der Waals surface area contributed by atoms with Gasteiger partial charge in [0.05, 0.1) is 5.52 Å². The molecule has 1 N–H and O–H groups in total. The topological polar surface area (TPSA) is 24.9 Å². The fourth-order valence-corrected chi connectivity index (χ4v) is 3.77. The molecular weight excluding hydrogens is 280 g/mol. The van der Waals surface area contributed by atoms with Crippen molar-refractivity contribution in [3.8, 4) is 0 Å². The van der Waals surface area contributed by atoms with Crippen LogP contribution in [0.15, 0.2) is 30.3 Å². The maximum Gasteiger partial charge on any atom is 0.0708 e. The predicted octanol–water partition coefficient (Wildman–Crippen LogP) is 4.43. The van der Waals surface area contributed by atoms with Crippen molar-refractivity contribution in [1.82, 2.24) is 10.3 Å². The summed E-state index contributed by atoms with van der Waals surface area (Å²) in [7, 11) is 0. The third-order valence-electron chi connectivity index (χ3n) is 4.40. The number of aromatic nitrogens is 1. The van der Waals surface area contributed by atoms with Crippen molar-refractivity contribution in [2.45, 2.75) is 44.5 Å². The van der Waals surface area contributed by atoms with Gasteiger partial charge in [-0.2, -0.15) is 0 Å². The minimum Gasteiger partial charge on any atom is -0.312 e. The number of alkyl halides is 1. The van der Waals surface area contributed by atoms with E-state index in [2.05, 4.69) is 47.6 Å². The van der Waals surface area contributed by atoms with Crippen LogP contribution in [0.4, 0.5) is 0 Å². The van der Waals surface area contributed by atoms with Crippen LogP contribution in [-0.4, -0.2) is 16.9 Å². The van der Waals surface area contributed by atoms with Gasteiger partial charge in [0, 0.05) is 23.0 Å². The number of aryl methyl sites for hydroxylation is 1. The Morgan fingerprint density at radius 2 is 2.14 bits per heavy atom. The fourth-order valence-electron chi connectivity index (χ4n) is 3.36. The molecule has 0 aliphatic heterocycles. The first-order valence-electron chi connectivity index (χ1n) is 7.92. The molecule has 0 radical (unpaired) electrons. The Balaban J connectivity index is 1.65. The first-order valence-corrected chi connectivity index (χ1v) is 8.36. The molecule has 21 heavy (non-hydrogen) atoms. The molecule has 2 nitrogen and oxygen atoms in total. The summed E-state index contributed by atoms with van der Waals surface area (Å²) in [5.41, 5.74) is 3.52. The number of para-hydroxylation sites is 1. The molecule has 2 aromatic rings. The molecule has 1 heterocycles. The molecule has 1 aliphatic rings. The van der Waals surface area contributed by atoms with Gasteiger partial charge in [-0.1, -0.05) is 24.6 Å². The maximum absolute atomic E-state index is 6.27. The van der Waals surface area contributed by atoms with E-state index >= 15 is 0 Å². The van der Waals surface area contributed by atoms with Gasteiger partial charge < -0.3 is 5.32 Å². The van der Waals surface area contributed by atoms with Crippen LogP contribution in [0.3, 0.4) is 0 Å². The number of hydrogen-bond donors (Lipinski definition) is 1. The average Bonchev–Trinajstić information content (AvgIpc) is 2.47. The molecule has 1 fully saturated rings. The first kappa shape index (κ1) is 14.8. The van der Waals surface area contributed by atoms with Crippen molar-refractivity contribution < 1.29 is 0 Å². The zero-order chi connectivity index (χ0) is 14.7. The van der Waals surface area contributed by atoms with E-state index < -0.39 is 0 Å². The number of hydrogen-bond acceptors (Lipinski definition) is 2. The monoisotopic (exact) mass is 302 g/mol. The smallest absolute Gasteiger partial charge is 0.0708 e. The van der Waals surface area contributed by atoms with Gasteiger partial charge in [-0.15, -0.1) is 11.6 Å². The number of benzene rings is 1. The van der Waals surface area contributed by atoms with Gasteiger partial charge in [0.1, 0.15) is 0 Å². The van der Waals surface area contributed by atoms with Gasteiger partial charge in [-0.3, -0.25) is 4.98 Å². The summed E-state index contributed by atoms with van der Waals surface area (Å²) in [6.07, 6.45) is 4.93. The molecule has 3 heteroatoms. The lowest BCUT2D eigenvalue weighted by molar-refractivity contribution is 0.346. The minimum atomic E-state index is 0.384. The number of pyridine rings is 1. The van der Waals surface area contributed by atoms with Gasteiger partial charge in [-0.05, 0) is 56.3 Å².